The molecule has 37 heavy (non-hydrogen) atoms. The van der Waals surface area contributed by atoms with E-state index in [1.165, 1.54) is 6.42 Å². The minimum atomic E-state index is -0.463. The normalized spacial score (nSPS) is 15.0. The highest BCUT2D eigenvalue weighted by atomic mass is 79.9. The van der Waals surface area contributed by atoms with E-state index in [4.69, 9.17) is 9.40 Å². The van der Waals surface area contributed by atoms with Gasteiger partial charge in [0.05, 0.1) is 35.4 Å². The fourth-order valence-electron chi connectivity index (χ4n) is 5.15. The molecule has 8 heteroatoms. The highest BCUT2D eigenvalue weighted by molar-refractivity contribution is 9.10. The Balaban J connectivity index is 1.63. The maximum atomic E-state index is 13.9. The zero-order valence-corrected chi connectivity index (χ0v) is 22.5. The standard InChI is InChI=1S/C29H31BrN4O3/c1-2-26(33(19-23-11-8-18-37-23)29(36)31-21-9-4-3-5-10-21)27-32-25-13-7-6-12-24(25)28(35)34(27)22-16-14-20(30)15-17-22/h6-8,11-18,21,26H,2-5,9-10,19H2,1H3,(H,31,36). The third kappa shape index (κ3) is 5.49. The largest absolute Gasteiger partial charge is 0.467 e. The number of nitrogens with zero attached hydrogens (tertiary/aromatic N) is 3. The lowest BCUT2D eigenvalue weighted by atomic mass is 9.96. The maximum Gasteiger partial charge on any atom is 0.318 e. The first-order chi connectivity index (χ1) is 18.0. The van der Waals surface area contributed by atoms with Gasteiger partial charge in [-0.25, -0.2) is 9.78 Å². The van der Waals surface area contributed by atoms with Crippen LogP contribution in [0.4, 0.5) is 4.79 Å². The highest BCUT2D eigenvalue weighted by Gasteiger charge is 2.31. The molecule has 1 fully saturated rings. The van der Waals surface area contributed by atoms with Crippen LogP contribution in [0.1, 0.15) is 63.1 Å². The number of hydrogen-bond donors (Lipinski definition) is 1. The molecule has 5 rings (SSSR count). The topological polar surface area (TPSA) is 80.4 Å². The van der Waals surface area contributed by atoms with E-state index >= 15 is 0 Å². The summed E-state index contributed by atoms with van der Waals surface area (Å²) in [5.74, 6) is 1.20. The smallest absolute Gasteiger partial charge is 0.318 e. The molecule has 0 aliphatic heterocycles. The summed E-state index contributed by atoms with van der Waals surface area (Å²) in [6.07, 6.45) is 7.59. The van der Waals surface area contributed by atoms with Crippen molar-refractivity contribution in [3.63, 3.8) is 0 Å². The van der Waals surface area contributed by atoms with Crippen molar-refractivity contribution in [3.8, 4) is 5.69 Å². The molecular weight excluding hydrogens is 532 g/mol. The number of amides is 2. The van der Waals surface area contributed by atoms with Gasteiger partial charge in [-0.15, -0.1) is 0 Å². The van der Waals surface area contributed by atoms with E-state index < -0.39 is 6.04 Å². The van der Waals surface area contributed by atoms with Crippen molar-refractivity contribution in [1.82, 2.24) is 19.8 Å². The van der Waals surface area contributed by atoms with Crippen LogP contribution in [-0.4, -0.2) is 26.5 Å². The van der Waals surface area contributed by atoms with Crippen molar-refractivity contribution >= 4 is 32.9 Å². The van der Waals surface area contributed by atoms with Gasteiger partial charge in [0, 0.05) is 10.5 Å². The van der Waals surface area contributed by atoms with Gasteiger partial charge >= 0.3 is 6.03 Å². The second-order valence-electron chi connectivity index (χ2n) is 9.52. The van der Waals surface area contributed by atoms with Gasteiger partial charge in [-0.1, -0.05) is 54.2 Å². The van der Waals surface area contributed by atoms with Gasteiger partial charge in [0.2, 0.25) is 0 Å². The van der Waals surface area contributed by atoms with Crippen molar-refractivity contribution in [2.24, 2.45) is 0 Å². The Kier molecular flexibility index (Phi) is 7.74. The number of fused-ring (bicyclic) bond motifs is 1. The molecule has 2 aromatic carbocycles. The Morgan fingerprint density at radius 2 is 1.86 bits per heavy atom. The number of para-hydroxylation sites is 1. The minimum absolute atomic E-state index is 0.149. The molecule has 2 heterocycles. The van der Waals surface area contributed by atoms with E-state index in [9.17, 15) is 9.59 Å². The number of aromatic nitrogens is 2. The summed E-state index contributed by atoms with van der Waals surface area (Å²) in [5.41, 5.74) is 1.15. The number of benzene rings is 2. The molecule has 1 N–H and O–H groups in total. The number of furan rings is 1. The summed E-state index contributed by atoms with van der Waals surface area (Å²) in [6, 6.07) is 18.1. The van der Waals surface area contributed by atoms with Crippen LogP contribution in [0.15, 0.2) is 80.6 Å². The maximum absolute atomic E-state index is 13.9. The Hall–Kier alpha value is -3.39. The van der Waals surface area contributed by atoms with Crippen LogP contribution in [0.5, 0.6) is 0 Å². The summed E-state index contributed by atoms with van der Waals surface area (Å²) in [4.78, 5) is 34.4. The van der Waals surface area contributed by atoms with Crippen LogP contribution in [0.2, 0.25) is 0 Å². The summed E-state index contributed by atoms with van der Waals surface area (Å²) in [6.45, 7) is 2.29. The van der Waals surface area contributed by atoms with Crippen molar-refractivity contribution in [3.05, 3.63) is 93.3 Å². The first-order valence-electron chi connectivity index (χ1n) is 12.9. The zero-order valence-electron chi connectivity index (χ0n) is 20.9. The SMILES string of the molecule is CCC(c1nc2ccccc2c(=O)n1-c1ccc(Br)cc1)N(Cc1ccco1)C(=O)NC1CCCCC1. The zero-order chi connectivity index (χ0) is 25.8. The van der Waals surface area contributed by atoms with E-state index in [0.717, 1.165) is 30.2 Å². The molecule has 1 atom stereocenters. The molecule has 0 bridgehead atoms. The lowest BCUT2D eigenvalue weighted by Gasteiger charge is -2.34. The van der Waals surface area contributed by atoms with Crippen LogP contribution in [-0.2, 0) is 6.54 Å². The number of urea groups is 1. The van der Waals surface area contributed by atoms with Gasteiger partial charge in [0.15, 0.2) is 0 Å². The van der Waals surface area contributed by atoms with Crippen molar-refractivity contribution < 1.29 is 9.21 Å². The molecule has 1 aliphatic carbocycles. The molecule has 0 spiro atoms. The predicted octanol–water partition coefficient (Wildman–Crippen LogP) is 6.74. The van der Waals surface area contributed by atoms with E-state index in [0.29, 0.717) is 34.6 Å². The summed E-state index contributed by atoms with van der Waals surface area (Å²) in [5, 5.41) is 3.79. The van der Waals surface area contributed by atoms with Gasteiger partial charge in [-0.3, -0.25) is 9.36 Å². The number of halogens is 1. The van der Waals surface area contributed by atoms with Crippen molar-refractivity contribution in [2.75, 3.05) is 0 Å². The molecule has 2 amide bonds. The third-order valence-electron chi connectivity index (χ3n) is 7.05. The molecule has 192 valence electrons. The van der Waals surface area contributed by atoms with E-state index in [2.05, 4.69) is 21.2 Å². The fraction of sp³-hybridized carbons (Fsp3) is 0.345. The number of carbonyl (C=O) groups excluding carboxylic acids is 1. The first kappa shape index (κ1) is 25.3. The number of hydrogen-bond acceptors (Lipinski definition) is 4. The molecule has 2 aromatic heterocycles. The number of carbonyl (C=O) groups is 1. The first-order valence-corrected chi connectivity index (χ1v) is 13.7. The van der Waals surface area contributed by atoms with Gasteiger partial charge in [0.25, 0.3) is 5.56 Å². The van der Waals surface area contributed by atoms with E-state index in [1.807, 2.05) is 61.5 Å². The highest BCUT2D eigenvalue weighted by Crippen LogP contribution is 2.29. The van der Waals surface area contributed by atoms with Crippen LogP contribution < -0.4 is 10.9 Å². The average Bonchev–Trinajstić information content (AvgIpc) is 3.43. The molecular formula is C29H31BrN4O3. The lowest BCUT2D eigenvalue weighted by Crippen LogP contribution is -2.47. The molecule has 1 saturated carbocycles. The summed E-state index contributed by atoms with van der Waals surface area (Å²) >= 11 is 3.49. The van der Waals surface area contributed by atoms with Crippen molar-refractivity contribution in [2.45, 2.75) is 64.1 Å². The Labute approximate surface area is 224 Å². The van der Waals surface area contributed by atoms with Crippen LogP contribution in [0.25, 0.3) is 16.6 Å². The second kappa shape index (κ2) is 11.3. The Morgan fingerprint density at radius 3 is 2.57 bits per heavy atom. The average molecular weight is 563 g/mol. The minimum Gasteiger partial charge on any atom is -0.467 e. The van der Waals surface area contributed by atoms with Crippen LogP contribution in [0.3, 0.4) is 0 Å². The lowest BCUT2D eigenvalue weighted by molar-refractivity contribution is 0.151. The molecule has 0 saturated heterocycles. The molecule has 1 aliphatic rings. The van der Waals surface area contributed by atoms with Crippen LogP contribution >= 0.6 is 15.9 Å². The third-order valence-corrected chi connectivity index (χ3v) is 7.58. The van der Waals surface area contributed by atoms with Crippen LogP contribution in [0, 0.1) is 0 Å². The molecule has 4 aromatic rings. The second-order valence-corrected chi connectivity index (χ2v) is 10.4. The molecule has 7 nitrogen and oxygen atoms in total. The van der Waals surface area contributed by atoms with Gasteiger partial charge < -0.3 is 14.6 Å². The Bertz CT molecular complexity index is 1410. The van der Waals surface area contributed by atoms with Gasteiger partial charge in [0.1, 0.15) is 11.6 Å². The predicted molar refractivity (Wildman–Crippen MR) is 148 cm³/mol. The summed E-state index contributed by atoms with van der Waals surface area (Å²) < 4.78 is 8.20. The fourth-order valence-corrected chi connectivity index (χ4v) is 5.42. The monoisotopic (exact) mass is 562 g/mol. The molecule has 0 radical (unpaired) electrons. The van der Waals surface area contributed by atoms with E-state index in [-0.39, 0.29) is 24.2 Å². The summed E-state index contributed by atoms with van der Waals surface area (Å²) in [7, 11) is 0. The van der Waals surface area contributed by atoms with Crippen molar-refractivity contribution in [1.29, 1.82) is 0 Å². The number of rotatable bonds is 7. The van der Waals surface area contributed by atoms with E-state index in [1.54, 1.807) is 21.8 Å². The van der Waals surface area contributed by atoms with Gasteiger partial charge in [-0.05, 0) is 67.8 Å². The van der Waals surface area contributed by atoms with Gasteiger partial charge in [-0.2, -0.15) is 0 Å². The molecule has 1 unspecified atom stereocenters. The quantitative estimate of drug-likeness (QED) is 0.270. The number of nitrogens with one attached hydrogen (secondary N) is 1. The Morgan fingerprint density at radius 1 is 1.11 bits per heavy atom.